The van der Waals surface area contributed by atoms with Crippen LogP contribution in [-0.2, 0) is 0 Å². The topological polar surface area (TPSA) is 0 Å². The first-order valence-electron chi connectivity index (χ1n) is 3.22. The van der Waals surface area contributed by atoms with Crippen molar-refractivity contribution < 1.29 is 0 Å². The third-order valence-corrected chi connectivity index (χ3v) is 1.59. The highest BCUT2D eigenvalue weighted by molar-refractivity contribution is 5.11. The molecular formula is C8H12. The summed E-state index contributed by atoms with van der Waals surface area (Å²) in [6, 6.07) is 0. The quantitative estimate of drug-likeness (QED) is 0.418. The van der Waals surface area contributed by atoms with Crippen molar-refractivity contribution in [3.63, 3.8) is 0 Å². The van der Waals surface area contributed by atoms with Gasteiger partial charge in [-0.3, -0.25) is 0 Å². The zero-order valence-corrected chi connectivity index (χ0v) is 5.35. The largest absolute Gasteiger partial charge is 0.0881 e. The average molecular weight is 108 g/mol. The Morgan fingerprint density at radius 1 is 1.50 bits per heavy atom. The molecule has 0 aliphatic heterocycles. The van der Waals surface area contributed by atoms with Crippen LogP contribution < -0.4 is 0 Å². The predicted molar refractivity (Wildman–Crippen MR) is 36.7 cm³/mol. The van der Waals surface area contributed by atoms with Crippen molar-refractivity contribution in [2.24, 2.45) is 0 Å². The van der Waals surface area contributed by atoms with E-state index in [2.05, 4.69) is 25.2 Å². The van der Waals surface area contributed by atoms with Crippen LogP contribution in [0.15, 0.2) is 23.8 Å². The Kier molecular flexibility index (Phi) is 1.90. The van der Waals surface area contributed by atoms with Crippen LogP contribution in [0, 0.1) is 0 Å². The lowest BCUT2D eigenvalue weighted by Gasteiger charge is -2.05. The van der Waals surface area contributed by atoms with E-state index in [0.29, 0.717) is 0 Å². The first-order valence-corrected chi connectivity index (χ1v) is 3.22. The second kappa shape index (κ2) is 2.71. The van der Waals surface area contributed by atoms with Crippen LogP contribution in [-0.4, -0.2) is 0 Å². The van der Waals surface area contributed by atoms with Crippen LogP contribution >= 0.6 is 0 Å². The Morgan fingerprint density at radius 3 is 2.75 bits per heavy atom. The van der Waals surface area contributed by atoms with Crippen molar-refractivity contribution in [1.82, 2.24) is 0 Å². The maximum atomic E-state index is 2.26. The number of hydrogen-bond donors (Lipinski definition) is 0. The SMILES string of the molecule is C/C=C1\CC=CCC1. The normalized spacial score (nSPS) is 24.4. The fourth-order valence-electron chi connectivity index (χ4n) is 0.986. The van der Waals surface area contributed by atoms with Gasteiger partial charge < -0.3 is 0 Å². The van der Waals surface area contributed by atoms with E-state index in [1.54, 1.807) is 5.57 Å². The van der Waals surface area contributed by atoms with E-state index >= 15 is 0 Å². The molecule has 0 amide bonds. The van der Waals surface area contributed by atoms with Gasteiger partial charge in [-0.2, -0.15) is 0 Å². The first kappa shape index (κ1) is 5.61. The van der Waals surface area contributed by atoms with Gasteiger partial charge in [-0.1, -0.05) is 23.8 Å². The Labute approximate surface area is 50.9 Å². The van der Waals surface area contributed by atoms with E-state index in [9.17, 15) is 0 Å². The summed E-state index contributed by atoms with van der Waals surface area (Å²) in [6.07, 6.45) is 10.5. The van der Waals surface area contributed by atoms with Crippen molar-refractivity contribution in [1.29, 1.82) is 0 Å². The Morgan fingerprint density at radius 2 is 2.38 bits per heavy atom. The van der Waals surface area contributed by atoms with Crippen molar-refractivity contribution in [3.05, 3.63) is 23.8 Å². The minimum Gasteiger partial charge on any atom is -0.0881 e. The highest BCUT2D eigenvalue weighted by Crippen LogP contribution is 2.15. The Bertz CT molecular complexity index is 118. The molecular weight excluding hydrogens is 96.1 g/mol. The first-order chi connectivity index (χ1) is 3.93. The van der Waals surface area contributed by atoms with Gasteiger partial charge in [0.15, 0.2) is 0 Å². The zero-order chi connectivity index (χ0) is 5.82. The second-order valence-electron chi connectivity index (χ2n) is 2.16. The fraction of sp³-hybridized carbons (Fsp3) is 0.500. The minimum absolute atomic E-state index is 1.19. The Balaban J connectivity index is 2.50. The van der Waals surface area contributed by atoms with Crippen LogP contribution in [0.5, 0.6) is 0 Å². The molecule has 0 fully saturated rings. The highest BCUT2D eigenvalue weighted by Gasteiger charge is 1.95. The summed E-state index contributed by atoms with van der Waals surface area (Å²) in [6.45, 7) is 2.12. The molecule has 0 aromatic carbocycles. The van der Waals surface area contributed by atoms with Crippen LogP contribution in [0.4, 0.5) is 0 Å². The molecule has 0 heterocycles. The zero-order valence-electron chi connectivity index (χ0n) is 5.35. The maximum Gasteiger partial charge on any atom is -0.0139 e. The molecule has 0 aromatic heterocycles. The van der Waals surface area contributed by atoms with E-state index in [0.717, 1.165) is 0 Å². The van der Waals surface area contributed by atoms with Gasteiger partial charge in [0.2, 0.25) is 0 Å². The third kappa shape index (κ3) is 1.22. The van der Waals surface area contributed by atoms with Gasteiger partial charge in [0.05, 0.1) is 0 Å². The summed E-state index contributed by atoms with van der Waals surface area (Å²) < 4.78 is 0. The smallest absolute Gasteiger partial charge is 0.0139 e. The number of hydrogen-bond acceptors (Lipinski definition) is 0. The molecule has 1 rings (SSSR count). The van der Waals surface area contributed by atoms with Gasteiger partial charge >= 0.3 is 0 Å². The molecule has 0 radical (unpaired) electrons. The monoisotopic (exact) mass is 108 g/mol. The molecule has 0 heteroatoms. The minimum atomic E-state index is 1.19. The van der Waals surface area contributed by atoms with Gasteiger partial charge in [-0.05, 0) is 26.2 Å². The molecule has 1 aliphatic rings. The van der Waals surface area contributed by atoms with Gasteiger partial charge in [-0.15, -0.1) is 0 Å². The lowest BCUT2D eigenvalue weighted by molar-refractivity contribution is 0.896. The van der Waals surface area contributed by atoms with Gasteiger partial charge in [0.25, 0.3) is 0 Å². The summed E-state index contributed by atoms with van der Waals surface area (Å²) >= 11 is 0. The van der Waals surface area contributed by atoms with Crippen molar-refractivity contribution in [2.45, 2.75) is 26.2 Å². The molecule has 0 unspecified atom stereocenters. The molecule has 8 heavy (non-hydrogen) atoms. The third-order valence-electron chi connectivity index (χ3n) is 1.59. The molecule has 0 aromatic rings. The fourth-order valence-corrected chi connectivity index (χ4v) is 0.986. The van der Waals surface area contributed by atoms with Crippen molar-refractivity contribution >= 4 is 0 Å². The molecule has 0 bridgehead atoms. The standard InChI is InChI=1S/C8H12/c1-2-8-6-4-3-5-7-8/h2-4H,5-7H2,1H3/b8-2+. The summed E-state index contributed by atoms with van der Waals surface area (Å²) in [4.78, 5) is 0. The van der Waals surface area contributed by atoms with E-state index in [-0.39, 0.29) is 0 Å². The highest BCUT2D eigenvalue weighted by atomic mass is 14.0. The molecule has 0 atom stereocenters. The molecule has 1 aliphatic carbocycles. The van der Waals surface area contributed by atoms with Crippen LogP contribution in [0.2, 0.25) is 0 Å². The lowest BCUT2D eigenvalue weighted by Crippen LogP contribution is -1.85. The summed E-state index contributed by atoms with van der Waals surface area (Å²) in [5.41, 5.74) is 1.59. The van der Waals surface area contributed by atoms with E-state index in [4.69, 9.17) is 0 Å². The van der Waals surface area contributed by atoms with Crippen LogP contribution in [0.25, 0.3) is 0 Å². The Hall–Kier alpha value is -0.520. The lowest BCUT2D eigenvalue weighted by atomic mass is 10.0. The van der Waals surface area contributed by atoms with Gasteiger partial charge in [0.1, 0.15) is 0 Å². The maximum absolute atomic E-state index is 2.26. The molecule has 44 valence electrons. The average Bonchev–Trinajstić information content (AvgIpc) is 1.90. The molecule has 0 nitrogen and oxygen atoms in total. The van der Waals surface area contributed by atoms with Crippen LogP contribution in [0.3, 0.4) is 0 Å². The van der Waals surface area contributed by atoms with E-state index < -0.39 is 0 Å². The van der Waals surface area contributed by atoms with Crippen LogP contribution in [0.1, 0.15) is 26.2 Å². The summed E-state index contributed by atoms with van der Waals surface area (Å²) in [5.74, 6) is 0. The van der Waals surface area contributed by atoms with Gasteiger partial charge in [-0.25, -0.2) is 0 Å². The van der Waals surface area contributed by atoms with Gasteiger partial charge in [0, 0.05) is 0 Å². The molecule has 0 N–H and O–H groups in total. The summed E-state index contributed by atoms with van der Waals surface area (Å²) in [7, 11) is 0. The number of allylic oxidation sites excluding steroid dienone is 4. The van der Waals surface area contributed by atoms with Crippen molar-refractivity contribution in [2.75, 3.05) is 0 Å². The molecule has 0 saturated heterocycles. The van der Waals surface area contributed by atoms with E-state index in [1.807, 2.05) is 0 Å². The predicted octanol–water partition coefficient (Wildman–Crippen LogP) is 2.67. The molecule has 0 saturated carbocycles. The molecule has 0 spiro atoms. The van der Waals surface area contributed by atoms with E-state index in [1.165, 1.54) is 19.3 Å². The number of rotatable bonds is 0. The second-order valence-corrected chi connectivity index (χ2v) is 2.16. The summed E-state index contributed by atoms with van der Waals surface area (Å²) in [5, 5.41) is 0. The van der Waals surface area contributed by atoms with Crippen molar-refractivity contribution in [3.8, 4) is 0 Å².